The average Bonchev–Trinajstić information content (AvgIpc) is 2.81. The van der Waals surface area contributed by atoms with E-state index in [1.807, 2.05) is 0 Å². The molecule has 1 saturated heterocycles. The quantitative estimate of drug-likeness (QED) is 0.403. The Hall–Kier alpha value is -3.15. The van der Waals surface area contributed by atoms with E-state index >= 15 is 0 Å². The minimum absolute atomic E-state index is 0.0992. The van der Waals surface area contributed by atoms with Crippen LogP contribution in [0.1, 0.15) is 25.3 Å². The number of hydrogen-bond donors (Lipinski definition) is 2. The molecule has 1 aliphatic rings. The number of alkyl halides is 3. The van der Waals surface area contributed by atoms with Gasteiger partial charge in [-0.05, 0) is 31.9 Å². The predicted octanol–water partition coefficient (Wildman–Crippen LogP) is 4.79. The van der Waals surface area contributed by atoms with Crippen LogP contribution in [0.5, 0.6) is 0 Å². The smallest absolute Gasteiger partial charge is 0.378 e. The second kappa shape index (κ2) is 10.1. The van der Waals surface area contributed by atoms with E-state index in [2.05, 4.69) is 15.4 Å². The van der Waals surface area contributed by atoms with Crippen LogP contribution in [0.15, 0.2) is 34.2 Å². The van der Waals surface area contributed by atoms with E-state index in [1.54, 1.807) is 10.00 Å². The second-order valence-corrected chi connectivity index (χ2v) is 11.5. The molecule has 0 radical (unpaired) electrons. The number of likely N-dealkylation sites (N-methyl/N-ethyl adjacent to an activating group) is 1. The number of H-pyrrole nitrogens is 1. The van der Waals surface area contributed by atoms with Gasteiger partial charge >= 0.3 is 16.4 Å². The Bertz CT molecular complexity index is 1230. The number of carbonyl (C=O) groups is 1. The molecule has 1 fully saturated rings. The molecule has 0 unspecified atom stereocenters. The number of pyridine rings is 1. The van der Waals surface area contributed by atoms with Crippen LogP contribution in [-0.4, -0.2) is 71.4 Å². The topological polar surface area (TPSA) is 103 Å². The van der Waals surface area contributed by atoms with Gasteiger partial charge in [0.05, 0.1) is 24.7 Å². The number of piperidine rings is 1. The first-order valence-corrected chi connectivity index (χ1v) is 13.4. The maximum atomic E-state index is 13.1. The van der Waals surface area contributed by atoms with Crippen molar-refractivity contribution in [1.29, 1.82) is 0 Å². The summed E-state index contributed by atoms with van der Waals surface area (Å²) in [6, 6.07) is 0.224. The molecule has 9 nitrogen and oxygen atoms in total. The largest absolute Gasteiger partial charge is 0.423 e. The molecule has 18 heteroatoms. The van der Waals surface area contributed by atoms with Crippen LogP contribution in [0.4, 0.5) is 44.1 Å². The number of amides is 1. The summed E-state index contributed by atoms with van der Waals surface area (Å²) in [5, 5.41) is 7.57. The Labute approximate surface area is 217 Å². The number of aromatic amines is 1. The molecule has 3 heterocycles. The molecular weight excluding hydrogens is 568 g/mol. The average molecular weight is 595 g/mol. The zero-order valence-corrected chi connectivity index (χ0v) is 21.5. The van der Waals surface area contributed by atoms with Gasteiger partial charge in [0.15, 0.2) is 0 Å². The van der Waals surface area contributed by atoms with Crippen LogP contribution in [0.3, 0.4) is 0 Å². The lowest BCUT2D eigenvalue weighted by atomic mass is 10.0. The fraction of sp³-hybridized carbons (Fsp3) is 0.524. The van der Waals surface area contributed by atoms with Gasteiger partial charge in [-0.1, -0.05) is 19.4 Å². The van der Waals surface area contributed by atoms with Gasteiger partial charge in [-0.3, -0.25) is 9.59 Å². The van der Waals surface area contributed by atoms with E-state index in [9.17, 15) is 42.2 Å². The Kier molecular flexibility index (Phi) is 7.88. The monoisotopic (exact) mass is 594 g/mol. The Balaban J connectivity index is 1.47. The fourth-order valence-electron chi connectivity index (χ4n) is 3.99. The van der Waals surface area contributed by atoms with E-state index in [0.717, 1.165) is 12.3 Å². The molecule has 0 aromatic carbocycles. The zero-order valence-electron chi connectivity index (χ0n) is 20.7. The van der Waals surface area contributed by atoms with E-state index in [4.69, 9.17) is 4.74 Å². The molecule has 0 saturated carbocycles. The Morgan fingerprint density at radius 1 is 1.21 bits per heavy atom. The predicted molar refractivity (Wildman–Crippen MR) is 127 cm³/mol. The van der Waals surface area contributed by atoms with Crippen LogP contribution < -0.4 is 15.8 Å². The maximum Gasteiger partial charge on any atom is 0.423 e. The number of hydrogen-bond acceptors (Lipinski definition) is 7. The van der Waals surface area contributed by atoms with Crippen molar-refractivity contribution in [3.63, 3.8) is 0 Å². The molecule has 3 rings (SSSR count). The standard InChI is InChI=1S/C21H26F8N6O3S/c1-13(32-16-10-31-33-20(37)19(16)21(22,23)24)11-38-12-18(36)34(2)14-5-7-35(8-6-14)17-4-3-15(9-30-17)39(25,26,27,28)29/h3-4,9-10,13-14H,5-8,11-12H2,1-2H3,(H2,32,33,37)/t13-/m0/s1. The van der Waals surface area contributed by atoms with E-state index in [0.29, 0.717) is 32.0 Å². The van der Waals surface area contributed by atoms with Crippen molar-refractivity contribution in [2.45, 2.75) is 42.9 Å². The number of halogens is 8. The Morgan fingerprint density at radius 2 is 1.85 bits per heavy atom. The number of anilines is 2. The zero-order chi connectivity index (χ0) is 29.3. The van der Waals surface area contributed by atoms with Gasteiger partial charge in [0.1, 0.15) is 22.9 Å². The molecule has 1 aliphatic heterocycles. The van der Waals surface area contributed by atoms with E-state index in [-0.39, 0.29) is 31.3 Å². The summed E-state index contributed by atoms with van der Waals surface area (Å²) >= 11 is 0. The molecule has 220 valence electrons. The number of carbonyl (C=O) groups excluding carboxylic acids is 1. The maximum absolute atomic E-state index is 13.1. The molecule has 0 bridgehead atoms. The van der Waals surface area contributed by atoms with Crippen LogP contribution in [-0.2, 0) is 15.7 Å². The lowest BCUT2D eigenvalue weighted by Crippen LogP contribution is -2.47. The lowest BCUT2D eigenvalue weighted by molar-refractivity contribution is -0.138. The summed E-state index contributed by atoms with van der Waals surface area (Å²) in [4.78, 5) is 28.6. The third kappa shape index (κ3) is 7.93. The van der Waals surface area contributed by atoms with Gasteiger partial charge in [0, 0.05) is 32.2 Å². The number of ether oxygens (including phenoxy) is 1. The highest BCUT2D eigenvalue weighted by molar-refractivity contribution is 8.45. The van der Waals surface area contributed by atoms with Crippen molar-refractivity contribution in [2.75, 3.05) is 43.6 Å². The second-order valence-electron chi connectivity index (χ2n) is 9.09. The van der Waals surface area contributed by atoms with Gasteiger partial charge in [-0.2, -0.15) is 18.3 Å². The highest BCUT2D eigenvalue weighted by atomic mass is 32.5. The van der Waals surface area contributed by atoms with E-state index in [1.165, 1.54) is 18.9 Å². The van der Waals surface area contributed by atoms with Gasteiger partial charge in [-0.25, -0.2) is 10.1 Å². The first-order chi connectivity index (χ1) is 17.8. The highest BCUT2D eigenvalue weighted by Gasteiger charge is 2.65. The van der Waals surface area contributed by atoms with Gasteiger partial charge in [0.25, 0.3) is 5.56 Å². The van der Waals surface area contributed by atoms with Crippen molar-refractivity contribution >= 4 is 27.6 Å². The minimum atomic E-state index is -9.81. The lowest BCUT2D eigenvalue weighted by Gasteiger charge is -2.40. The van der Waals surface area contributed by atoms with E-state index < -0.39 is 50.1 Å². The summed E-state index contributed by atoms with van der Waals surface area (Å²) in [6.45, 7) is 1.56. The van der Waals surface area contributed by atoms with Crippen LogP contribution >= 0.6 is 10.2 Å². The summed E-state index contributed by atoms with van der Waals surface area (Å²) in [5.74, 6) is -0.310. The highest BCUT2D eigenvalue weighted by Crippen LogP contribution is 3.02. The molecule has 1 amide bonds. The van der Waals surface area contributed by atoms with Crippen LogP contribution in [0, 0.1) is 0 Å². The SMILES string of the molecule is C[C@@H](COCC(=O)N(C)C1CCN(c2ccc(S(F)(F)(F)(F)F)cn2)CC1)Nc1cn[nH]c(=O)c1C(F)(F)F. The molecule has 2 aromatic rings. The summed E-state index contributed by atoms with van der Waals surface area (Å²) < 4.78 is 109. The van der Waals surface area contributed by atoms with Crippen molar-refractivity contribution in [3.05, 3.63) is 40.4 Å². The molecule has 39 heavy (non-hydrogen) atoms. The number of nitrogens with zero attached hydrogens (tertiary/aromatic N) is 4. The first-order valence-electron chi connectivity index (χ1n) is 11.5. The third-order valence-electron chi connectivity index (χ3n) is 6.03. The summed E-state index contributed by atoms with van der Waals surface area (Å²) in [5.41, 5.74) is -3.37. The van der Waals surface area contributed by atoms with Crippen LogP contribution in [0.25, 0.3) is 0 Å². The first kappa shape index (κ1) is 30.4. The summed E-state index contributed by atoms with van der Waals surface area (Å²) in [7, 11) is -8.27. The van der Waals surface area contributed by atoms with Crippen molar-refractivity contribution < 1.29 is 42.1 Å². The molecule has 2 N–H and O–H groups in total. The molecular formula is C21H26F8N6O3S. The van der Waals surface area contributed by atoms with Gasteiger partial charge in [-0.15, -0.1) is 0 Å². The number of rotatable bonds is 9. The van der Waals surface area contributed by atoms with Crippen molar-refractivity contribution in [1.82, 2.24) is 20.1 Å². The van der Waals surface area contributed by atoms with Crippen LogP contribution in [0.2, 0.25) is 0 Å². The minimum Gasteiger partial charge on any atom is -0.378 e. The third-order valence-corrected chi connectivity index (χ3v) is 7.16. The molecule has 1 atom stereocenters. The number of aromatic nitrogens is 3. The number of nitrogens with one attached hydrogen (secondary N) is 2. The summed E-state index contributed by atoms with van der Waals surface area (Å²) in [6.07, 6.45) is -3.14. The fourth-order valence-corrected chi connectivity index (χ4v) is 4.57. The van der Waals surface area contributed by atoms with Crippen molar-refractivity contribution in [2.24, 2.45) is 0 Å². The Morgan fingerprint density at radius 3 is 2.38 bits per heavy atom. The normalized spacial score (nSPS) is 17.7. The molecule has 2 aromatic heterocycles. The molecule has 0 spiro atoms. The van der Waals surface area contributed by atoms with Crippen molar-refractivity contribution in [3.8, 4) is 0 Å². The van der Waals surface area contributed by atoms with Gasteiger partial charge < -0.3 is 19.9 Å². The van der Waals surface area contributed by atoms with Gasteiger partial charge in [0.2, 0.25) is 5.91 Å². The molecule has 0 aliphatic carbocycles.